The average molecular weight is 651 g/mol. The molecule has 2 heterocycles. The summed E-state index contributed by atoms with van der Waals surface area (Å²) in [6.07, 6.45) is 1.38. The summed E-state index contributed by atoms with van der Waals surface area (Å²) in [5, 5.41) is 14.0. The van der Waals surface area contributed by atoms with Gasteiger partial charge in [-0.1, -0.05) is 48.5 Å². The first-order valence-corrected chi connectivity index (χ1v) is 16.9. The van der Waals surface area contributed by atoms with Gasteiger partial charge in [0.25, 0.3) is 0 Å². The molecule has 2 unspecified atom stereocenters. The number of halogens is 2. The molecule has 3 aliphatic carbocycles. The molecule has 3 saturated carbocycles. The Morgan fingerprint density at radius 3 is 1.73 bits per heavy atom. The van der Waals surface area contributed by atoms with Gasteiger partial charge in [0.05, 0.1) is 22.2 Å². The Balaban J connectivity index is 1.09. The molecular weight excluding hydrogens is 622 g/mol. The molecule has 5 aliphatic rings. The number of hydrogen-bond acceptors (Lipinski definition) is 6. The van der Waals surface area contributed by atoms with Crippen molar-refractivity contribution in [3.8, 4) is 11.5 Å². The zero-order chi connectivity index (χ0) is 30.5. The Morgan fingerprint density at radius 2 is 1.23 bits per heavy atom. The molecule has 2 atom stereocenters. The van der Waals surface area contributed by atoms with Crippen LogP contribution in [0.25, 0.3) is 21.5 Å². The van der Waals surface area contributed by atoms with Crippen molar-refractivity contribution in [3.05, 3.63) is 71.8 Å². The summed E-state index contributed by atoms with van der Waals surface area (Å²) in [5.41, 5.74) is 2.04. The molecule has 3 fully saturated rings. The lowest BCUT2D eigenvalue weighted by Crippen LogP contribution is -2.73. The number of nitrogens with zero attached hydrogens (tertiary/aromatic N) is 2. The van der Waals surface area contributed by atoms with Crippen LogP contribution in [0.2, 0.25) is 0 Å². The zero-order valence-corrected chi connectivity index (χ0v) is 25.9. The maximum atomic E-state index is 14.2. The normalized spacial score (nSPS) is 26.5. The van der Waals surface area contributed by atoms with Crippen molar-refractivity contribution >= 4 is 76.5 Å². The molecule has 8 nitrogen and oxygen atoms in total. The quantitative estimate of drug-likeness (QED) is 0.162. The number of carbonyl (C=O) groups is 2. The van der Waals surface area contributed by atoms with Gasteiger partial charge in [0.15, 0.2) is 0 Å². The minimum absolute atomic E-state index is 0.0166. The van der Waals surface area contributed by atoms with E-state index in [-0.39, 0.29) is 29.4 Å². The van der Waals surface area contributed by atoms with Gasteiger partial charge in [-0.05, 0) is 41.2 Å². The molecule has 2 amide bonds. The Kier molecular flexibility index (Phi) is 6.40. The van der Waals surface area contributed by atoms with Crippen molar-refractivity contribution in [2.45, 2.75) is 31.1 Å². The summed E-state index contributed by atoms with van der Waals surface area (Å²) in [6, 6.07) is 18.5. The van der Waals surface area contributed by atoms with Crippen LogP contribution in [0.5, 0.6) is 11.5 Å². The van der Waals surface area contributed by atoms with Gasteiger partial charge in [0.2, 0.25) is 11.8 Å². The van der Waals surface area contributed by atoms with E-state index in [0.717, 1.165) is 32.7 Å². The molecule has 0 radical (unpaired) electrons. The standard InChI is InChI=1S/C33H29Cl2N2O6P/c34-11-18-13-36(24-9-26(38)20-5-1-3-7-22(20)28(18)24)30(39)32-15-33(16-32,17-32)31(40)37-14-19(12-35)29-23-8-4-2-6-21(23)27(10-25(29)37)43-44(41)42/h1-10,18-19,38,41-42H,11-17H2. The van der Waals surface area contributed by atoms with E-state index in [1.165, 1.54) is 0 Å². The Bertz CT molecular complexity index is 1880. The predicted octanol–water partition coefficient (Wildman–Crippen LogP) is 6.50. The summed E-state index contributed by atoms with van der Waals surface area (Å²) in [7, 11) is -2.66. The highest BCUT2D eigenvalue weighted by molar-refractivity contribution is 7.39. The molecular formula is C33H29Cl2N2O6P. The van der Waals surface area contributed by atoms with Gasteiger partial charge in [-0.15, -0.1) is 23.2 Å². The summed E-state index contributed by atoms with van der Waals surface area (Å²) in [6.45, 7) is 0.850. The van der Waals surface area contributed by atoms with Crippen molar-refractivity contribution < 1.29 is 29.0 Å². The number of phenolic OH excluding ortho intramolecular Hbond substituents is 1. The number of benzene rings is 4. The largest absolute Gasteiger partial charge is 0.507 e. The van der Waals surface area contributed by atoms with E-state index in [2.05, 4.69) is 0 Å². The number of carbonyl (C=O) groups excluding carboxylic acids is 2. The number of hydrogen-bond donors (Lipinski definition) is 3. The van der Waals surface area contributed by atoms with Crippen LogP contribution in [0.15, 0.2) is 60.7 Å². The van der Waals surface area contributed by atoms with E-state index in [4.69, 9.17) is 27.7 Å². The van der Waals surface area contributed by atoms with E-state index < -0.39 is 19.4 Å². The summed E-state index contributed by atoms with van der Waals surface area (Å²) < 4.78 is 5.40. The van der Waals surface area contributed by atoms with Gasteiger partial charge >= 0.3 is 8.60 Å². The molecule has 0 saturated heterocycles. The number of aromatic hydroxyl groups is 1. The fourth-order valence-corrected chi connectivity index (χ4v) is 9.28. The molecule has 3 N–H and O–H groups in total. The van der Waals surface area contributed by atoms with Gasteiger partial charge < -0.3 is 29.2 Å². The van der Waals surface area contributed by atoms with Crippen LogP contribution in [0.4, 0.5) is 11.4 Å². The molecule has 0 aromatic heterocycles. The zero-order valence-electron chi connectivity index (χ0n) is 23.5. The van der Waals surface area contributed by atoms with E-state index in [1.807, 2.05) is 48.5 Å². The van der Waals surface area contributed by atoms with Gasteiger partial charge in [-0.2, -0.15) is 0 Å². The molecule has 44 heavy (non-hydrogen) atoms. The topological polar surface area (TPSA) is 111 Å². The Morgan fingerprint density at radius 1 is 0.773 bits per heavy atom. The monoisotopic (exact) mass is 650 g/mol. The maximum absolute atomic E-state index is 14.2. The highest BCUT2D eigenvalue weighted by Crippen LogP contribution is 2.75. The molecule has 4 aromatic rings. The first-order chi connectivity index (χ1) is 21.2. The van der Waals surface area contributed by atoms with Gasteiger partial charge in [-0.25, -0.2) is 0 Å². The molecule has 11 heteroatoms. The minimum atomic E-state index is -2.66. The predicted molar refractivity (Wildman–Crippen MR) is 172 cm³/mol. The first kappa shape index (κ1) is 28.4. The number of anilines is 2. The summed E-state index contributed by atoms with van der Waals surface area (Å²) in [4.78, 5) is 51.2. The number of amides is 2. The van der Waals surface area contributed by atoms with Crippen molar-refractivity contribution in [1.82, 2.24) is 0 Å². The molecule has 9 rings (SSSR count). The third-order valence-electron chi connectivity index (χ3n) is 10.3. The summed E-state index contributed by atoms with van der Waals surface area (Å²) >= 11 is 12.8. The van der Waals surface area contributed by atoms with E-state index in [9.17, 15) is 24.5 Å². The smallest absolute Gasteiger partial charge is 0.391 e. The molecule has 2 bridgehead atoms. The number of fused-ring (bicyclic) bond motifs is 6. The van der Waals surface area contributed by atoms with E-state index in [0.29, 0.717) is 61.2 Å². The van der Waals surface area contributed by atoms with Crippen LogP contribution >= 0.6 is 31.8 Å². The van der Waals surface area contributed by atoms with Crippen LogP contribution in [0, 0.1) is 10.8 Å². The van der Waals surface area contributed by atoms with Crippen LogP contribution in [0.3, 0.4) is 0 Å². The number of phenols is 1. The minimum Gasteiger partial charge on any atom is -0.507 e. The number of rotatable bonds is 6. The lowest BCUT2D eigenvalue weighted by Gasteiger charge is -2.69. The van der Waals surface area contributed by atoms with E-state index in [1.54, 1.807) is 21.9 Å². The van der Waals surface area contributed by atoms with Crippen molar-refractivity contribution in [3.63, 3.8) is 0 Å². The molecule has 2 aliphatic heterocycles. The molecule has 0 spiro atoms. The fraction of sp³-hybridized carbons (Fsp3) is 0.333. The van der Waals surface area contributed by atoms with Crippen molar-refractivity contribution in [2.75, 3.05) is 34.6 Å². The maximum Gasteiger partial charge on any atom is 0.391 e. The third-order valence-corrected chi connectivity index (χ3v) is 11.4. The lowest BCUT2D eigenvalue weighted by molar-refractivity contribution is -0.204. The second-order valence-electron chi connectivity index (χ2n) is 12.7. The van der Waals surface area contributed by atoms with Gasteiger partial charge in [-0.3, -0.25) is 9.59 Å². The van der Waals surface area contributed by atoms with Gasteiger partial charge in [0, 0.05) is 59.6 Å². The average Bonchev–Trinajstić information content (AvgIpc) is 3.54. The highest BCUT2D eigenvalue weighted by atomic mass is 35.5. The number of alkyl halides is 2. The first-order valence-electron chi connectivity index (χ1n) is 14.6. The lowest BCUT2D eigenvalue weighted by atomic mass is 9.34. The third kappa shape index (κ3) is 3.82. The fourth-order valence-electron chi connectivity index (χ4n) is 8.45. The second-order valence-corrected chi connectivity index (χ2v) is 14.0. The Hall–Kier alpha value is -3.13. The molecule has 226 valence electrons. The second kappa shape index (κ2) is 9.93. The van der Waals surface area contributed by atoms with Gasteiger partial charge in [0.1, 0.15) is 11.5 Å². The van der Waals surface area contributed by atoms with Crippen molar-refractivity contribution in [2.24, 2.45) is 10.8 Å². The van der Waals surface area contributed by atoms with Crippen LogP contribution < -0.4 is 14.3 Å². The van der Waals surface area contributed by atoms with E-state index >= 15 is 0 Å². The Labute approximate surface area is 264 Å². The van der Waals surface area contributed by atoms with Crippen molar-refractivity contribution in [1.29, 1.82) is 0 Å². The summed E-state index contributed by atoms with van der Waals surface area (Å²) in [5.74, 6) is 0.890. The van der Waals surface area contributed by atoms with Crippen LogP contribution in [0.1, 0.15) is 42.2 Å². The van der Waals surface area contributed by atoms with Crippen LogP contribution in [-0.4, -0.2) is 51.6 Å². The highest BCUT2D eigenvalue weighted by Gasteiger charge is 2.76. The van der Waals surface area contributed by atoms with Crippen LogP contribution in [-0.2, 0) is 9.59 Å². The molecule has 4 aromatic carbocycles. The SMILES string of the molecule is O=C(N1CC(CCl)c2c1cc(O)c1ccccc21)C12CC(C(=O)N3CC(CCl)c4c3cc(OP(O)O)c3ccccc43)(C1)C2.